The summed E-state index contributed by atoms with van der Waals surface area (Å²) in [4.78, 5) is 22.5. The number of anilines is 1. The van der Waals surface area contributed by atoms with Crippen molar-refractivity contribution >= 4 is 39.3 Å². The number of amides is 1. The number of nitro benzene ring substituents is 1. The van der Waals surface area contributed by atoms with Gasteiger partial charge in [-0.2, -0.15) is 0 Å². The third kappa shape index (κ3) is 4.80. The zero-order valence-corrected chi connectivity index (χ0v) is 15.1. The van der Waals surface area contributed by atoms with Crippen molar-refractivity contribution in [3.8, 4) is 11.5 Å². The Morgan fingerprint density at radius 3 is 2.48 bits per heavy atom. The second-order valence-electron chi connectivity index (χ2n) is 4.85. The van der Waals surface area contributed by atoms with Gasteiger partial charge in [-0.1, -0.05) is 15.9 Å². The molecule has 0 aliphatic carbocycles. The highest BCUT2D eigenvalue weighted by Gasteiger charge is 2.12. The molecule has 2 rings (SSSR count). The molecule has 0 saturated heterocycles. The minimum absolute atomic E-state index is 0.145. The van der Waals surface area contributed by atoms with Crippen LogP contribution in [-0.2, 0) is 4.79 Å². The molecule has 8 heteroatoms. The van der Waals surface area contributed by atoms with Crippen LogP contribution in [0.15, 0.2) is 46.9 Å². The van der Waals surface area contributed by atoms with Crippen molar-refractivity contribution < 1.29 is 19.2 Å². The number of hydrogen-bond acceptors (Lipinski definition) is 5. The highest BCUT2D eigenvalue weighted by Crippen LogP contribution is 2.29. The summed E-state index contributed by atoms with van der Waals surface area (Å²) in [5, 5.41) is 13.4. The van der Waals surface area contributed by atoms with Crippen molar-refractivity contribution in [1.29, 1.82) is 0 Å². The zero-order valence-electron chi connectivity index (χ0n) is 13.5. The second kappa shape index (κ2) is 8.29. The van der Waals surface area contributed by atoms with E-state index in [1.165, 1.54) is 38.5 Å². The minimum Gasteiger partial charge on any atom is -0.496 e. The molecule has 0 atom stereocenters. The fourth-order valence-electron chi connectivity index (χ4n) is 2.08. The Bertz CT molecular complexity index is 836. The Balaban J connectivity index is 2.21. The van der Waals surface area contributed by atoms with E-state index in [0.29, 0.717) is 17.1 Å². The first-order valence-electron chi connectivity index (χ1n) is 7.09. The molecular weight excluding hydrogens is 392 g/mol. The van der Waals surface area contributed by atoms with Gasteiger partial charge in [-0.25, -0.2) is 0 Å². The van der Waals surface area contributed by atoms with E-state index < -0.39 is 10.8 Å². The molecule has 0 heterocycles. The average Bonchev–Trinajstić information content (AvgIpc) is 2.60. The second-order valence-corrected chi connectivity index (χ2v) is 5.77. The molecule has 0 saturated carbocycles. The van der Waals surface area contributed by atoms with Crippen LogP contribution in [0.2, 0.25) is 0 Å². The molecule has 0 unspecified atom stereocenters. The number of non-ortho nitro benzene ring substituents is 1. The third-order valence-electron chi connectivity index (χ3n) is 3.26. The van der Waals surface area contributed by atoms with Gasteiger partial charge in [0.2, 0.25) is 5.91 Å². The fourth-order valence-corrected chi connectivity index (χ4v) is 2.46. The molecule has 0 aromatic heterocycles. The highest BCUT2D eigenvalue weighted by molar-refractivity contribution is 9.10. The summed E-state index contributed by atoms with van der Waals surface area (Å²) in [6.45, 7) is 0. The summed E-state index contributed by atoms with van der Waals surface area (Å²) in [5.74, 6) is 0.480. The lowest BCUT2D eigenvalue weighted by molar-refractivity contribution is -0.384. The van der Waals surface area contributed by atoms with Crippen LogP contribution < -0.4 is 14.8 Å². The highest BCUT2D eigenvalue weighted by atomic mass is 79.9. The van der Waals surface area contributed by atoms with Crippen LogP contribution in [-0.4, -0.2) is 25.1 Å². The number of rotatable bonds is 6. The molecule has 0 fully saturated rings. The van der Waals surface area contributed by atoms with Crippen molar-refractivity contribution in [2.24, 2.45) is 0 Å². The summed E-state index contributed by atoms with van der Waals surface area (Å²) in [7, 11) is 2.95. The van der Waals surface area contributed by atoms with Crippen LogP contribution in [0.4, 0.5) is 11.4 Å². The van der Waals surface area contributed by atoms with Gasteiger partial charge in [0.15, 0.2) is 0 Å². The normalized spacial score (nSPS) is 10.5. The van der Waals surface area contributed by atoms with Crippen LogP contribution in [0.25, 0.3) is 6.08 Å². The van der Waals surface area contributed by atoms with E-state index >= 15 is 0 Å². The molecule has 25 heavy (non-hydrogen) atoms. The molecule has 0 aliphatic rings. The Kier molecular flexibility index (Phi) is 6.13. The van der Waals surface area contributed by atoms with Crippen molar-refractivity contribution in [1.82, 2.24) is 0 Å². The van der Waals surface area contributed by atoms with Crippen LogP contribution in [0.3, 0.4) is 0 Å². The molecule has 2 aromatic carbocycles. The Labute approximate surface area is 152 Å². The van der Waals surface area contributed by atoms with Crippen LogP contribution >= 0.6 is 15.9 Å². The SMILES string of the molecule is COc1ccc(Br)cc1/C=C/C(=O)Nc1cc([N+](=O)[O-])ccc1OC. The van der Waals surface area contributed by atoms with Gasteiger partial charge >= 0.3 is 0 Å². The maximum atomic E-state index is 12.1. The van der Waals surface area contributed by atoms with E-state index in [2.05, 4.69) is 21.2 Å². The van der Waals surface area contributed by atoms with E-state index in [0.717, 1.165) is 4.47 Å². The molecule has 0 bridgehead atoms. The van der Waals surface area contributed by atoms with Crippen LogP contribution in [0.5, 0.6) is 11.5 Å². The predicted octanol–water partition coefficient (Wildman–Crippen LogP) is 4.03. The first-order chi connectivity index (χ1) is 11.9. The maximum absolute atomic E-state index is 12.1. The summed E-state index contributed by atoms with van der Waals surface area (Å²) in [5.41, 5.74) is 0.777. The van der Waals surface area contributed by atoms with Crippen molar-refractivity contribution in [2.75, 3.05) is 19.5 Å². The van der Waals surface area contributed by atoms with Gasteiger partial charge in [-0.3, -0.25) is 14.9 Å². The number of nitro groups is 1. The molecule has 0 aliphatic heterocycles. The number of methoxy groups -OCH3 is 2. The largest absolute Gasteiger partial charge is 0.496 e. The first kappa shape index (κ1) is 18.5. The Morgan fingerprint density at radius 2 is 1.84 bits per heavy atom. The third-order valence-corrected chi connectivity index (χ3v) is 3.75. The predicted molar refractivity (Wildman–Crippen MR) is 98.0 cm³/mol. The molecule has 130 valence electrons. The van der Waals surface area contributed by atoms with E-state index in [1.54, 1.807) is 18.2 Å². The summed E-state index contributed by atoms with van der Waals surface area (Å²) in [6.07, 6.45) is 2.89. The van der Waals surface area contributed by atoms with Crippen LogP contribution in [0.1, 0.15) is 5.56 Å². The molecule has 1 amide bonds. The van der Waals surface area contributed by atoms with Crippen molar-refractivity contribution in [3.63, 3.8) is 0 Å². The molecule has 1 N–H and O–H groups in total. The van der Waals surface area contributed by atoms with E-state index in [1.807, 2.05) is 6.07 Å². The molecule has 2 aromatic rings. The smallest absolute Gasteiger partial charge is 0.271 e. The summed E-state index contributed by atoms with van der Waals surface area (Å²) in [6, 6.07) is 9.36. The van der Waals surface area contributed by atoms with Crippen molar-refractivity contribution in [2.45, 2.75) is 0 Å². The lowest BCUT2D eigenvalue weighted by Crippen LogP contribution is -2.09. The van der Waals surface area contributed by atoms with Gasteiger partial charge in [-0.15, -0.1) is 0 Å². The van der Waals surface area contributed by atoms with Gasteiger partial charge < -0.3 is 14.8 Å². The quantitative estimate of drug-likeness (QED) is 0.444. The number of carbonyl (C=O) groups is 1. The number of nitrogens with zero attached hydrogens (tertiary/aromatic N) is 1. The van der Waals surface area contributed by atoms with Gasteiger partial charge in [0.05, 0.1) is 24.8 Å². The zero-order chi connectivity index (χ0) is 18.4. The lowest BCUT2D eigenvalue weighted by atomic mass is 10.2. The number of hydrogen-bond donors (Lipinski definition) is 1. The number of nitrogens with one attached hydrogen (secondary N) is 1. The van der Waals surface area contributed by atoms with Crippen LogP contribution in [0, 0.1) is 10.1 Å². The van der Waals surface area contributed by atoms with Gasteiger partial charge in [-0.05, 0) is 30.3 Å². The maximum Gasteiger partial charge on any atom is 0.271 e. The molecule has 0 radical (unpaired) electrons. The molecular formula is C17H15BrN2O5. The molecule has 0 spiro atoms. The molecule has 7 nitrogen and oxygen atoms in total. The topological polar surface area (TPSA) is 90.7 Å². The Morgan fingerprint density at radius 1 is 1.16 bits per heavy atom. The monoisotopic (exact) mass is 406 g/mol. The summed E-state index contributed by atoms with van der Waals surface area (Å²) < 4.78 is 11.2. The van der Waals surface area contributed by atoms with Gasteiger partial charge in [0.25, 0.3) is 5.69 Å². The van der Waals surface area contributed by atoms with E-state index in [9.17, 15) is 14.9 Å². The summed E-state index contributed by atoms with van der Waals surface area (Å²) >= 11 is 3.36. The number of halogens is 1. The van der Waals surface area contributed by atoms with E-state index in [4.69, 9.17) is 9.47 Å². The average molecular weight is 407 g/mol. The Hall–Kier alpha value is -2.87. The van der Waals surface area contributed by atoms with Crippen molar-refractivity contribution in [3.05, 3.63) is 62.6 Å². The van der Waals surface area contributed by atoms with E-state index in [-0.39, 0.29) is 11.4 Å². The first-order valence-corrected chi connectivity index (χ1v) is 7.89. The minimum atomic E-state index is -0.544. The standard InChI is InChI=1S/C17H15BrN2O5/c1-24-15-6-4-12(18)9-11(15)3-8-17(21)19-14-10-13(20(22)23)5-7-16(14)25-2/h3-10H,1-2H3,(H,19,21)/b8-3+. The lowest BCUT2D eigenvalue weighted by Gasteiger charge is -2.08. The fraction of sp³-hybridized carbons (Fsp3) is 0.118. The number of ether oxygens (including phenoxy) is 2. The van der Waals surface area contributed by atoms with Gasteiger partial charge in [0.1, 0.15) is 11.5 Å². The number of carbonyl (C=O) groups excluding carboxylic acids is 1. The number of benzene rings is 2. The van der Waals surface area contributed by atoms with Gasteiger partial charge in [0, 0.05) is 28.2 Å².